The normalized spacial score (nSPS) is 15.7. The molecule has 4 rings (SSSR count). The van der Waals surface area contributed by atoms with Crippen molar-refractivity contribution in [3.63, 3.8) is 0 Å². The smallest absolute Gasteiger partial charge is 0.101 e. The van der Waals surface area contributed by atoms with Crippen molar-refractivity contribution in [1.29, 1.82) is 0 Å². The third-order valence-electron chi connectivity index (χ3n) is 5.41. The molecule has 0 atom stereocenters. The second kappa shape index (κ2) is 7.44. The van der Waals surface area contributed by atoms with Gasteiger partial charge in [-0.15, -0.1) is 0 Å². The van der Waals surface area contributed by atoms with Crippen LogP contribution in [0.5, 0.6) is 0 Å². The predicted octanol–water partition coefficient (Wildman–Crippen LogP) is 7.34. The molecule has 1 nitrogen and oxygen atoms in total. The van der Waals surface area contributed by atoms with E-state index in [4.69, 9.17) is 4.99 Å². The molecule has 0 N–H and O–H groups in total. The van der Waals surface area contributed by atoms with Crippen LogP contribution in [-0.2, 0) is 4.75 Å². The Morgan fingerprint density at radius 2 is 1.46 bits per heavy atom. The minimum Gasteiger partial charge on any atom is -0.241 e. The van der Waals surface area contributed by atoms with Gasteiger partial charge in [0.15, 0.2) is 0 Å². The van der Waals surface area contributed by atoms with Crippen molar-refractivity contribution in [1.82, 2.24) is 0 Å². The summed E-state index contributed by atoms with van der Waals surface area (Å²) in [6, 6.07) is 26.2. The van der Waals surface area contributed by atoms with Crippen LogP contribution < -0.4 is 0 Å². The molecule has 0 bridgehead atoms. The van der Waals surface area contributed by atoms with Gasteiger partial charge in [0, 0.05) is 5.56 Å². The molecule has 0 aliphatic carbocycles. The molecule has 3 aromatic rings. The first-order chi connectivity index (χ1) is 13.6. The third kappa shape index (κ3) is 3.02. The van der Waals surface area contributed by atoms with Crippen LogP contribution in [0.25, 0.3) is 0 Å². The molecule has 2 heteroatoms. The van der Waals surface area contributed by atoms with Gasteiger partial charge < -0.3 is 0 Å². The Morgan fingerprint density at radius 1 is 0.893 bits per heavy atom. The summed E-state index contributed by atoms with van der Waals surface area (Å²) in [6.07, 6.45) is 2.15. The topological polar surface area (TPSA) is 12.4 Å². The molecular weight excluding hydrogens is 358 g/mol. The highest BCUT2D eigenvalue weighted by Crippen LogP contribution is 2.56. The number of nitrogens with zero attached hydrogens (tertiary/aromatic N) is 1. The van der Waals surface area contributed by atoms with Gasteiger partial charge in [-0.25, -0.2) is 4.99 Å². The number of hydrogen-bond acceptors (Lipinski definition) is 2. The fourth-order valence-electron chi connectivity index (χ4n) is 4.03. The lowest BCUT2D eigenvalue weighted by molar-refractivity contribution is 0.884. The highest BCUT2D eigenvalue weighted by molar-refractivity contribution is 8.15. The lowest BCUT2D eigenvalue weighted by atomic mass is 9.80. The van der Waals surface area contributed by atoms with Crippen LogP contribution in [0.4, 0.5) is 5.69 Å². The maximum atomic E-state index is 5.10. The summed E-state index contributed by atoms with van der Waals surface area (Å²) in [7, 11) is 0. The lowest BCUT2D eigenvalue weighted by Gasteiger charge is -2.40. The first kappa shape index (κ1) is 18.8. The molecule has 0 fully saturated rings. The zero-order chi connectivity index (χ0) is 19.7. The van der Waals surface area contributed by atoms with Crippen LogP contribution in [0.15, 0.2) is 89.4 Å². The molecule has 0 unspecified atom stereocenters. The molecule has 140 valence electrons. The molecule has 1 aliphatic rings. The number of hydrogen-bond donors (Lipinski definition) is 0. The number of thioether (sulfide) groups is 1. The standard InChI is InChI=1S/C26H25NS/c1-5-19(3)25-27-23-17-18(2)16-20(4)24(23)26(28-25,21-12-8-6-9-13-21)22-14-10-7-11-15-22/h5-17H,1-4H3/b19-5-. The fraction of sp³-hybridized carbons (Fsp3) is 0.192. The second-order valence-corrected chi connectivity index (χ2v) is 8.58. The van der Waals surface area contributed by atoms with Gasteiger partial charge in [-0.2, -0.15) is 0 Å². The van der Waals surface area contributed by atoms with Gasteiger partial charge in [-0.3, -0.25) is 0 Å². The maximum absolute atomic E-state index is 5.10. The average molecular weight is 384 g/mol. The van der Waals surface area contributed by atoms with Crippen LogP contribution in [0.3, 0.4) is 0 Å². The number of benzene rings is 3. The summed E-state index contributed by atoms with van der Waals surface area (Å²) in [4.78, 5) is 5.10. The molecule has 0 amide bonds. The SMILES string of the molecule is C/C=C(/C)C1=Nc2cc(C)cc(C)c2C(c2ccccc2)(c2ccccc2)S1. The van der Waals surface area contributed by atoms with E-state index < -0.39 is 0 Å². The molecule has 0 saturated heterocycles. The van der Waals surface area contributed by atoms with E-state index >= 15 is 0 Å². The lowest BCUT2D eigenvalue weighted by Crippen LogP contribution is -2.31. The first-order valence-corrected chi connectivity index (χ1v) is 10.5. The average Bonchev–Trinajstić information content (AvgIpc) is 2.73. The quantitative estimate of drug-likeness (QED) is 0.461. The van der Waals surface area contributed by atoms with E-state index in [0.29, 0.717) is 0 Å². The van der Waals surface area contributed by atoms with E-state index in [1.165, 1.54) is 33.4 Å². The summed E-state index contributed by atoms with van der Waals surface area (Å²) in [5.74, 6) is 0. The number of allylic oxidation sites excluding steroid dienone is 1. The van der Waals surface area contributed by atoms with Crippen molar-refractivity contribution in [3.05, 3.63) is 112 Å². The highest BCUT2D eigenvalue weighted by Gasteiger charge is 2.44. The van der Waals surface area contributed by atoms with Crippen molar-refractivity contribution >= 4 is 22.5 Å². The van der Waals surface area contributed by atoms with Gasteiger partial charge in [-0.1, -0.05) is 84.6 Å². The molecule has 28 heavy (non-hydrogen) atoms. The molecule has 0 spiro atoms. The largest absolute Gasteiger partial charge is 0.241 e. The Bertz CT molecular complexity index is 1020. The molecule has 0 aromatic heterocycles. The Kier molecular flexibility index (Phi) is 4.99. The number of fused-ring (bicyclic) bond motifs is 1. The Hall–Kier alpha value is -2.58. The summed E-state index contributed by atoms with van der Waals surface area (Å²) < 4.78 is -0.322. The van der Waals surface area contributed by atoms with Crippen molar-refractivity contribution < 1.29 is 0 Å². The van der Waals surface area contributed by atoms with Crippen LogP contribution in [0.1, 0.15) is 41.7 Å². The van der Waals surface area contributed by atoms with E-state index in [2.05, 4.69) is 107 Å². The monoisotopic (exact) mass is 383 g/mol. The number of aryl methyl sites for hydroxylation is 2. The molecule has 1 aliphatic heterocycles. The van der Waals surface area contributed by atoms with Gasteiger partial charge in [0.1, 0.15) is 5.04 Å². The van der Waals surface area contributed by atoms with E-state index in [-0.39, 0.29) is 4.75 Å². The van der Waals surface area contributed by atoms with Crippen LogP contribution >= 0.6 is 11.8 Å². The van der Waals surface area contributed by atoms with E-state index in [9.17, 15) is 0 Å². The molecule has 1 heterocycles. The predicted molar refractivity (Wildman–Crippen MR) is 123 cm³/mol. The zero-order valence-electron chi connectivity index (χ0n) is 16.9. The summed E-state index contributed by atoms with van der Waals surface area (Å²) in [5, 5.41) is 1.09. The van der Waals surface area contributed by atoms with Crippen LogP contribution in [-0.4, -0.2) is 5.04 Å². The van der Waals surface area contributed by atoms with Crippen LogP contribution in [0, 0.1) is 13.8 Å². The summed E-state index contributed by atoms with van der Waals surface area (Å²) in [6.45, 7) is 8.61. The highest BCUT2D eigenvalue weighted by atomic mass is 32.2. The third-order valence-corrected chi connectivity index (χ3v) is 7.00. The van der Waals surface area contributed by atoms with Gasteiger partial charge in [-0.05, 0) is 61.6 Å². The van der Waals surface area contributed by atoms with E-state index in [1.54, 1.807) is 0 Å². The summed E-state index contributed by atoms with van der Waals surface area (Å²) >= 11 is 1.86. The molecule has 0 saturated carbocycles. The van der Waals surface area contributed by atoms with Crippen molar-refractivity contribution in [2.75, 3.05) is 0 Å². The Labute approximate surface area is 172 Å². The molecule has 3 aromatic carbocycles. The van der Waals surface area contributed by atoms with Crippen molar-refractivity contribution in [2.45, 2.75) is 32.4 Å². The minimum absolute atomic E-state index is 0.322. The van der Waals surface area contributed by atoms with E-state index in [0.717, 1.165) is 10.7 Å². The first-order valence-electron chi connectivity index (χ1n) is 9.70. The number of aliphatic imine (C=N–C) groups is 1. The van der Waals surface area contributed by atoms with Gasteiger partial charge in [0.25, 0.3) is 0 Å². The van der Waals surface area contributed by atoms with Gasteiger partial charge >= 0.3 is 0 Å². The molecular formula is C26H25NS. The Balaban J connectivity index is 2.14. The minimum atomic E-state index is -0.322. The zero-order valence-corrected chi connectivity index (χ0v) is 17.7. The van der Waals surface area contributed by atoms with Gasteiger partial charge in [0.05, 0.1) is 10.4 Å². The summed E-state index contributed by atoms with van der Waals surface area (Å²) in [5.41, 5.74) is 8.71. The maximum Gasteiger partial charge on any atom is 0.101 e. The van der Waals surface area contributed by atoms with Gasteiger partial charge in [0.2, 0.25) is 0 Å². The Morgan fingerprint density at radius 3 is 2.00 bits per heavy atom. The van der Waals surface area contributed by atoms with Crippen LogP contribution in [0.2, 0.25) is 0 Å². The van der Waals surface area contributed by atoms with E-state index in [1.807, 2.05) is 11.8 Å². The number of rotatable bonds is 3. The second-order valence-electron chi connectivity index (χ2n) is 7.38. The van der Waals surface area contributed by atoms with Crippen molar-refractivity contribution in [2.24, 2.45) is 4.99 Å². The molecule has 0 radical (unpaired) electrons. The van der Waals surface area contributed by atoms with Crippen molar-refractivity contribution in [3.8, 4) is 0 Å². The fourth-order valence-corrected chi connectivity index (χ4v) is 5.62.